The number of nitrogen functional groups attached to an aromatic ring is 1. The summed E-state index contributed by atoms with van der Waals surface area (Å²) in [6.45, 7) is 5.30. The van der Waals surface area contributed by atoms with Gasteiger partial charge in [0.05, 0.1) is 0 Å². The summed E-state index contributed by atoms with van der Waals surface area (Å²) in [4.78, 5) is 11.5. The van der Waals surface area contributed by atoms with Crippen molar-refractivity contribution in [1.82, 2.24) is 5.32 Å². The topological polar surface area (TPSA) is 55.1 Å². The lowest BCUT2D eigenvalue weighted by Crippen LogP contribution is -2.30. The quantitative estimate of drug-likeness (QED) is 0.587. The molecule has 1 aromatic rings. The summed E-state index contributed by atoms with van der Waals surface area (Å²) in [6.07, 6.45) is 1.58. The van der Waals surface area contributed by atoms with E-state index < -0.39 is 5.82 Å². The van der Waals surface area contributed by atoms with Crippen LogP contribution in [0.4, 0.5) is 10.1 Å². The van der Waals surface area contributed by atoms with Crippen molar-refractivity contribution >= 4 is 11.6 Å². The van der Waals surface area contributed by atoms with Gasteiger partial charge in [-0.15, -0.1) is 6.58 Å². The first kappa shape index (κ1) is 11.2. The molecule has 0 aromatic heterocycles. The highest BCUT2D eigenvalue weighted by Gasteiger charge is 2.09. The molecule has 0 aliphatic heterocycles. The van der Waals surface area contributed by atoms with Crippen LogP contribution in [0, 0.1) is 5.82 Å². The zero-order valence-electron chi connectivity index (χ0n) is 8.46. The fourth-order valence-electron chi connectivity index (χ4n) is 1.09. The highest BCUT2D eigenvalue weighted by Crippen LogP contribution is 2.10. The fraction of sp³-hybridized carbons (Fsp3) is 0.182. The second-order valence-electron chi connectivity index (χ2n) is 3.27. The number of carbonyl (C=O) groups excluding carboxylic acids is 1. The van der Waals surface area contributed by atoms with E-state index in [2.05, 4.69) is 11.9 Å². The van der Waals surface area contributed by atoms with E-state index >= 15 is 0 Å². The molecule has 3 nitrogen and oxygen atoms in total. The molecule has 0 spiro atoms. The number of carbonyl (C=O) groups is 1. The Kier molecular flexibility index (Phi) is 3.44. The van der Waals surface area contributed by atoms with Gasteiger partial charge in [-0.2, -0.15) is 0 Å². The predicted molar refractivity (Wildman–Crippen MR) is 57.9 cm³/mol. The minimum Gasteiger partial charge on any atom is -0.399 e. The molecule has 0 fully saturated rings. The molecule has 80 valence electrons. The van der Waals surface area contributed by atoms with Crippen LogP contribution in [0.1, 0.15) is 17.3 Å². The van der Waals surface area contributed by atoms with E-state index in [-0.39, 0.29) is 23.2 Å². The van der Waals surface area contributed by atoms with Crippen LogP contribution in [0.5, 0.6) is 0 Å². The van der Waals surface area contributed by atoms with Gasteiger partial charge in [-0.05, 0) is 25.1 Å². The Hall–Kier alpha value is -1.84. The maximum Gasteiger partial charge on any atom is 0.251 e. The number of benzene rings is 1. The number of nitrogens with one attached hydrogen (secondary N) is 1. The third-order valence-electron chi connectivity index (χ3n) is 1.89. The van der Waals surface area contributed by atoms with Crippen molar-refractivity contribution in [2.75, 3.05) is 5.73 Å². The number of hydrogen-bond donors (Lipinski definition) is 2. The molecule has 0 aliphatic carbocycles. The Morgan fingerprint density at radius 1 is 1.60 bits per heavy atom. The van der Waals surface area contributed by atoms with Crippen molar-refractivity contribution in [3.05, 3.63) is 42.2 Å². The van der Waals surface area contributed by atoms with Gasteiger partial charge in [-0.1, -0.05) is 6.08 Å². The number of anilines is 1. The smallest absolute Gasteiger partial charge is 0.251 e. The van der Waals surface area contributed by atoms with Gasteiger partial charge in [-0.25, -0.2) is 4.39 Å². The maximum absolute atomic E-state index is 12.9. The van der Waals surface area contributed by atoms with Crippen LogP contribution in [-0.2, 0) is 0 Å². The van der Waals surface area contributed by atoms with Gasteiger partial charge in [0.1, 0.15) is 5.82 Å². The molecular formula is C11H13FN2O. The Morgan fingerprint density at radius 3 is 2.80 bits per heavy atom. The van der Waals surface area contributed by atoms with Crippen molar-refractivity contribution in [2.45, 2.75) is 13.0 Å². The SMILES string of the molecule is C=CC(C)NC(=O)c1cc(N)cc(F)c1. The van der Waals surface area contributed by atoms with Crippen LogP contribution in [0.3, 0.4) is 0 Å². The molecule has 1 amide bonds. The van der Waals surface area contributed by atoms with Gasteiger partial charge < -0.3 is 11.1 Å². The van der Waals surface area contributed by atoms with Crippen molar-refractivity contribution in [2.24, 2.45) is 0 Å². The highest BCUT2D eigenvalue weighted by molar-refractivity contribution is 5.95. The number of halogens is 1. The molecule has 1 atom stereocenters. The molecule has 1 aromatic carbocycles. The van der Waals surface area contributed by atoms with Crippen LogP contribution >= 0.6 is 0 Å². The molecule has 4 heteroatoms. The summed E-state index contributed by atoms with van der Waals surface area (Å²) in [6, 6.07) is 3.56. The summed E-state index contributed by atoms with van der Waals surface area (Å²) in [5.41, 5.74) is 5.86. The lowest BCUT2D eigenvalue weighted by Gasteiger charge is -2.09. The Labute approximate surface area is 87.8 Å². The van der Waals surface area contributed by atoms with Crippen LogP contribution in [0.25, 0.3) is 0 Å². The molecule has 0 heterocycles. The minimum atomic E-state index is -0.522. The highest BCUT2D eigenvalue weighted by atomic mass is 19.1. The van der Waals surface area contributed by atoms with E-state index in [0.29, 0.717) is 0 Å². The average Bonchev–Trinajstić information content (AvgIpc) is 2.16. The normalized spacial score (nSPS) is 11.9. The lowest BCUT2D eigenvalue weighted by atomic mass is 10.1. The van der Waals surface area contributed by atoms with Gasteiger partial charge in [0.2, 0.25) is 0 Å². The van der Waals surface area contributed by atoms with Gasteiger partial charge in [-0.3, -0.25) is 4.79 Å². The van der Waals surface area contributed by atoms with Crippen LogP contribution in [0.15, 0.2) is 30.9 Å². The molecule has 0 radical (unpaired) electrons. The van der Waals surface area contributed by atoms with Crippen molar-refractivity contribution in [3.8, 4) is 0 Å². The van der Waals surface area contributed by atoms with E-state index in [0.717, 1.165) is 12.1 Å². The Bertz CT molecular complexity index is 370. The number of amides is 1. The molecule has 1 rings (SSSR count). The zero-order chi connectivity index (χ0) is 11.4. The monoisotopic (exact) mass is 208 g/mol. The van der Waals surface area contributed by atoms with Crippen molar-refractivity contribution < 1.29 is 9.18 Å². The second kappa shape index (κ2) is 4.59. The minimum absolute atomic E-state index is 0.165. The van der Waals surface area contributed by atoms with Crippen molar-refractivity contribution in [3.63, 3.8) is 0 Å². The van der Waals surface area contributed by atoms with E-state index in [1.165, 1.54) is 6.07 Å². The third kappa shape index (κ3) is 3.09. The summed E-state index contributed by atoms with van der Waals surface area (Å²) in [5.74, 6) is -0.889. The first-order valence-electron chi connectivity index (χ1n) is 4.52. The summed E-state index contributed by atoms with van der Waals surface area (Å²) >= 11 is 0. The van der Waals surface area contributed by atoms with Crippen molar-refractivity contribution in [1.29, 1.82) is 0 Å². The Balaban J connectivity index is 2.86. The van der Waals surface area contributed by atoms with Crippen LogP contribution < -0.4 is 11.1 Å². The molecule has 15 heavy (non-hydrogen) atoms. The fourth-order valence-corrected chi connectivity index (χ4v) is 1.09. The average molecular weight is 208 g/mol. The third-order valence-corrected chi connectivity index (χ3v) is 1.89. The van der Waals surface area contributed by atoms with Gasteiger partial charge in [0, 0.05) is 17.3 Å². The molecule has 0 saturated heterocycles. The predicted octanol–water partition coefficient (Wildman–Crippen LogP) is 1.71. The van der Waals surface area contributed by atoms with Crippen LogP contribution in [0.2, 0.25) is 0 Å². The van der Waals surface area contributed by atoms with Gasteiger partial charge in [0.25, 0.3) is 5.91 Å². The molecule has 0 saturated carbocycles. The second-order valence-corrected chi connectivity index (χ2v) is 3.27. The zero-order valence-corrected chi connectivity index (χ0v) is 8.46. The first-order chi connectivity index (χ1) is 7.02. The largest absolute Gasteiger partial charge is 0.399 e. The van der Waals surface area contributed by atoms with E-state index in [4.69, 9.17) is 5.73 Å². The first-order valence-corrected chi connectivity index (χ1v) is 4.52. The van der Waals surface area contributed by atoms with E-state index in [1.54, 1.807) is 13.0 Å². The molecule has 0 aliphatic rings. The molecule has 0 bridgehead atoms. The number of hydrogen-bond acceptors (Lipinski definition) is 2. The number of nitrogens with two attached hydrogens (primary N) is 1. The summed E-state index contributed by atoms with van der Waals surface area (Å²) in [7, 11) is 0. The molecule has 1 unspecified atom stereocenters. The summed E-state index contributed by atoms with van der Waals surface area (Å²) in [5, 5.41) is 2.62. The summed E-state index contributed by atoms with van der Waals surface area (Å²) < 4.78 is 12.9. The van der Waals surface area contributed by atoms with E-state index in [1.807, 2.05) is 0 Å². The Morgan fingerprint density at radius 2 is 2.27 bits per heavy atom. The maximum atomic E-state index is 12.9. The van der Waals surface area contributed by atoms with Crippen LogP contribution in [-0.4, -0.2) is 11.9 Å². The number of rotatable bonds is 3. The lowest BCUT2D eigenvalue weighted by molar-refractivity contribution is 0.0946. The van der Waals surface area contributed by atoms with E-state index in [9.17, 15) is 9.18 Å². The standard InChI is InChI=1S/C11H13FN2O/c1-3-7(2)14-11(15)8-4-9(12)6-10(13)5-8/h3-7H,1,13H2,2H3,(H,14,15). The van der Waals surface area contributed by atoms with Gasteiger partial charge in [0.15, 0.2) is 0 Å². The molecular weight excluding hydrogens is 195 g/mol. The van der Waals surface area contributed by atoms with Gasteiger partial charge >= 0.3 is 0 Å². The molecule has 3 N–H and O–H groups in total.